The lowest BCUT2D eigenvalue weighted by molar-refractivity contribution is -0.235. The van der Waals surface area contributed by atoms with Crippen LogP contribution in [0.5, 0.6) is 0 Å². The van der Waals surface area contributed by atoms with Gasteiger partial charge in [0.2, 0.25) is 5.91 Å². The van der Waals surface area contributed by atoms with Crippen LogP contribution < -0.4 is 10.6 Å². The van der Waals surface area contributed by atoms with E-state index in [1.807, 2.05) is 76.2 Å². The van der Waals surface area contributed by atoms with Crippen molar-refractivity contribution in [3.05, 3.63) is 77.1 Å². The summed E-state index contributed by atoms with van der Waals surface area (Å²) in [6.07, 6.45) is 10.1. The minimum Gasteiger partial charge on any atom is -0.462 e. The van der Waals surface area contributed by atoms with Crippen LogP contribution in [0.25, 0.3) is 0 Å². The maximum absolute atomic E-state index is 14.4. The fourth-order valence-electron chi connectivity index (χ4n) is 15.0. The molecule has 1 amide bonds. The molecule has 0 aliphatic heterocycles. The van der Waals surface area contributed by atoms with Crippen LogP contribution in [0.1, 0.15) is 152 Å². The van der Waals surface area contributed by atoms with Crippen molar-refractivity contribution < 1.29 is 28.7 Å². The smallest absolute Gasteiger partial charge is 0.309 e. The molecule has 6 aliphatic carbocycles. The van der Waals surface area contributed by atoms with E-state index in [1.54, 1.807) is 6.20 Å². The van der Waals surface area contributed by atoms with Crippen molar-refractivity contribution in [2.45, 2.75) is 171 Å². The molecule has 0 unspecified atom stereocenters. The summed E-state index contributed by atoms with van der Waals surface area (Å²) in [6, 6.07) is 15.5. The Kier molecular flexibility index (Phi) is 11.6. The Morgan fingerprint density at radius 3 is 2.16 bits per heavy atom. The molecule has 1 aromatic carbocycles. The van der Waals surface area contributed by atoms with Crippen LogP contribution >= 0.6 is 0 Å². The largest absolute Gasteiger partial charge is 0.462 e. The Morgan fingerprint density at radius 2 is 1.49 bits per heavy atom. The minimum absolute atomic E-state index is 0.0290. The number of pyridine rings is 1. The first-order valence-corrected chi connectivity index (χ1v) is 24.2. The van der Waals surface area contributed by atoms with Gasteiger partial charge in [-0.2, -0.15) is 0 Å². The second-order valence-electron chi connectivity index (χ2n) is 23.6. The third-order valence-electron chi connectivity index (χ3n) is 19.0. The number of rotatable bonds is 11. The number of nitrogens with zero attached hydrogens (tertiary/aromatic N) is 1. The number of ketones is 1. The number of benzene rings is 1. The van der Waals surface area contributed by atoms with Gasteiger partial charge in [0.25, 0.3) is 0 Å². The lowest BCUT2D eigenvalue weighted by Crippen LogP contribution is -2.68. The Labute approximate surface area is 377 Å². The summed E-state index contributed by atoms with van der Waals surface area (Å²) in [7, 11) is 0. The standard InChI is InChI=1S/C54H75N3O6/c1-33(2)43-39(58)30-54(57-47(61)50(7,8)56-31-35-19-15-16-28-55-35)27-26-52(10)36(44(43)54)20-21-41-51(9)24-23-42(49(5,6)40(51)22-25-53(41,52)11)63-46(60)38-29-37(48(38,3)4)45(59)62-32-34-17-13-12-14-18-34/h12-19,28,33,36-38,40-42,56H,20-27,29-32H2,1-11H3,(H,57,61)/t36-,37+,38-,40+,41-,42+,51+,52-,53-,54-/m1/s1. The van der Waals surface area contributed by atoms with Gasteiger partial charge in [-0.05, 0) is 146 Å². The van der Waals surface area contributed by atoms with Crippen molar-refractivity contribution in [2.24, 2.45) is 62.6 Å². The number of aromatic nitrogens is 1. The molecule has 10 atom stereocenters. The number of nitrogens with one attached hydrogen (secondary N) is 2. The number of ether oxygens (including phenoxy) is 2. The SMILES string of the molecule is CC(C)C1=C2[C@H]3CC[C@@H]4[C@@]5(C)CC[C@H](OC(=O)[C@H]6C[C@@H](C(=O)OCc7ccccc7)C6(C)C)C(C)(C)[C@@H]5CC[C@@]4(C)[C@]3(C)CC[C@@]2(NC(=O)C(C)(C)NCc2ccccn2)CC1=O. The summed E-state index contributed by atoms with van der Waals surface area (Å²) in [6.45, 7) is 25.2. The Hall–Kier alpha value is -3.85. The zero-order valence-electron chi connectivity index (χ0n) is 40.1. The molecule has 9 nitrogen and oxygen atoms in total. The highest BCUT2D eigenvalue weighted by Gasteiger charge is 2.71. The van der Waals surface area contributed by atoms with Gasteiger partial charge < -0.3 is 14.8 Å². The van der Waals surface area contributed by atoms with E-state index in [9.17, 15) is 19.2 Å². The van der Waals surface area contributed by atoms with Gasteiger partial charge in [-0.1, -0.05) is 98.7 Å². The summed E-state index contributed by atoms with van der Waals surface area (Å²) in [5, 5.41) is 7.03. The summed E-state index contributed by atoms with van der Waals surface area (Å²) in [5.74, 6) is 0.168. The quantitative estimate of drug-likeness (QED) is 0.214. The molecule has 1 heterocycles. The zero-order valence-corrected chi connectivity index (χ0v) is 40.1. The van der Waals surface area contributed by atoms with E-state index in [0.717, 1.165) is 68.2 Å². The van der Waals surface area contributed by atoms with E-state index in [1.165, 1.54) is 5.57 Å². The lowest BCUT2D eigenvalue weighted by atomic mass is 9.33. The third kappa shape index (κ3) is 7.33. The molecule has 342 valence electrons. The topological polar surface area (TPSA) is 124 Å². The first-order valence-electron chi connectivity index (χ1n) is 24.2. The molecule has 6 aliphatic rings. The highest BCUT2D eigenvalue weighted by molar-refractivity contribution is 6.02. The van der Waals surface area contributed by atoms with Crippen molar-refractivity contribution in [3.63, 3.8) is 0 Å². The molecule has 0 saturated heterocycles. The molecule has 2 N–H and O–H groups in total. The zero-order chi connectivity index (χ0) is 45.5. The monoisotopic (exact) mass is 862 g/mol. The Balaban J connectivity index is 0.976. The molecule has 8 rings (SSSR count). The molecular formula is C54H75N3O6. The van der Waals surface area contributed by atoms with E-state index in [4.69, 9.17) is 9.47 Å². The summed E-state index contributed by atoms with van der Waals surface area (Å²) >= 11 is 0. The third-order valence-corrected chi connectivity index (χ3v) is 19.0. The predicted octanol–water partition coefficient (Wildman–Crippen LogP) is 10.1. The van der Waals surface area contributed by atoms with Crippen molar-refractivity contribution >= 4 is 23.6 Å². The van der Waals surface area contributed by atoms with E-state index in [2.05, 4.69) is 64.1 Å². The van der Waals surface area contributed by atoms with Gasteiger partial charge >= 0.3 is 11.9 Å². The second kappa shape index (κ2) is 15.9. The first-order chi connectivity index (χ1) is 29.5. The molecule has 0 bridgehead atoms. The van der Waals surface area contributed by atoms with Gasteiger partial charge in [0, 0.05) is 24.6 Å². The van der Waals surface area contributed by atoms with Crippen LogP contribution in [0, 0.1) is 62.6 Å². The first kappa shape index (κ1) is 45.7. The number of amides is 1. The number of fused-ring (bicyclic) bond motifs is 7. The maximum Gasteiger partial charge on any atom is 0.309 e. The van der Waals surface area contributed by atoms with Crippen LogP contribution in [0.2, 0.25) is 0 Å². The molecule has 5 saturated carbocycles. The van der Waals surface area contributed by atoms with Gasteiger partial charge in [0.05, 0.1) is 28.6 Å². The van der Waals surface area contributed by atoms with Crippen molar-refractivity contribution in [1.29, 1.82) is 0 Å². The van der Waals surface area contributed by atoms with Crippen molar-refractivity contribution in [2.75, 3.05) is 0 Å². The minimum atomic E-state index is -0.870. The number of carbonyl (C=O) groups is 4. The van der Waals surface area contributed by atoms with E-state index in [0.29, 0.717) is 31.2 Å². The Morgan fingerprint density at radius 1 is 0.794 bits per heavy atom. The number of hydrogen-bond acceptors (Lipinski definition) is 8. The molecule has 2 aromatic rings. The fraction of sp³-hybridized carbons (Fsp3) is 0.685. The van der Waals surface area contributed by atoms with E-state index in [-0.39, 0.29) is 81.7 Å². The van der Waals surface area contributed by atoms with Crippen molar-refractivity contribution in [3.8, 4) is 0 Å². The number of allylic oxidation sites excluding steroid dienone is 1. The molecule has 63 heavy (non-hydrogen) atoms. The van der Waals surface area contributed by atoms with Crippen LogP contribution in [-0.2, 0) is 41.8 Å². The molecule has 1 aromatic heterocycles. The maximum atomic E-state index is 14.4. The number of Topliss-reactive ketones (excluding diaryl/α,β-unsaturated/α-hetero) is 1. The van der Waals surface area contributed by atoms with Crippen molar-refractivity contribution in [1.82, 2.24) is 15.6 Å². The summed E-state index contributed by atoms with van der Waals surface area (Å²) in [5.41, 5.74) is 1.75. The van der Waals surface area contributed by atoms with Gasteiger partial charge in [-0.15, -0.1) is 0 Å². The summed E-state index contributed by atoms with van der Waals surface area (Å²) < 4.78 is 12.3. The molecule has 0 spiro atoms. The second-order valence-corrected chi connectivity index (χ2v) is 23.6. The van der Waals surface area contributed by atoms with E-state index >= 15 is 0 Å². The average molecular weight is 862 g/mol. The van der Waals surface area contributed by atoms with Crippen LogP contribution in [-0.4, -0.2) is 45.8 Å². The van der Waals surface area contributed by atoms with Gasteiger partial charge in [-0.3, -0.25) is 29.5 Å². The van der Waals surface area contributed by atoms with Gasteiger partial charge in [-0.25, -0.2) is 0 Å². The molecule has 5 fully saturated rings. The fourth-order valence-corrected chi connectivity index (χ4v) is 15.0. The normalized spacial score (nSPS) is 36.5. The summed E-state index contributed by atoms with van der Waals surface area (Å²) in [4.78, 5) is 60.3. The van der Waals surface area contributed by atoms with Crippen LogP contribution in [0.3, 0.4) is 0 Å². The predicted molar refractivity (Wildman–Crippen MR) is 245 cm³/mol. The lowest BCUT2D eigenvalue weighted by Gasteiger charge is -2.72. The molecular weight excluding hydrogens is 787 g/mol. The number of carbonyl (C=O) groups excluding carboxylic acids is 4. The molecule has 0 radical (unpaired) electrons. The van der Waals surface area contributed by atoms with E-state index < -0.39 is 16.5 Å². The number of hydrogen-bond donors (Lipinski definition) is 2. The number of esters is 2. The van der Waals surface area contributed by atoms with Crippen LogP contribution in [0.4, 0.5) is 0 Å². The highest BCUT2D eigenvalue weighted by atomic mass is 16.5. The van der Waals surface area contributed by atoms with Crippen LogP contribution in [0.15, 0.2) is 65.9 Å². The molecule has 9 heteroatoms. The van der Waals surface area contributed by atoms with Gasteiger partial charge in [0.15, 0.2) is 5.78 Å². The highest BCUT2D eigenvalue weighted by Crippen LogP contribution is 2.76. The van der Waals surface area contributed by atoms with Gasteiger partial charge in [0.1, 0.15) is 12.7 Å². The Bertz CT molecular complexity index is 2140. The average Bonchev–Trinajstić information content (AvgIpc) is 3.52.